The summed E-state index contributed by atoms with van der Waals surface area (Å²) in [6.07, 6.45) is 1.73. The van der Waals surface area contributed by atoms with Crippen LogP contribution in [0.1, 0.15) is 13.8 Å². The summed E-state index contributed by atoms with van der Waals surface area (Å²) in [4.78, 5) is 13.9. The minimum atomic E-state index is -0.0704. The van der Waals surface area contributed by atoms with Gasteiger partial charge in [0.2, 0.25) is 0 Å². The highest BCUT2D eigenvalue weighted by molar-refractivity contribution is 5.41. The Balaban J connectivity index is 2.53. The van der Waals surface area contributed by atoms with E-state index < -0.39 is 0 Å². The number of ether oxygens (including phenoxy) is 1. The zero-order valence-corrected chi connectivity index (χ0v) is 12.2. The molecule has 0 aliphatic heterocycles. The molecule has 0 saturated heterocycles. The first-order chi connectivity index (χ1) is 9.08. The molecule has 108 valence electrons. The van der Waals surface area contributed by atoms with E-state index in [4.69, 9.17) is 4.74 Å². The second-order valence-corrected chi connectivity index (χ2v) is 4.60. The first-order valence-corrected chi connectivity index (χ1v) is 6.59. The van der Waals surface area contributed by atoms with Crippen LogP contribution in [0.3, 0.4) is 0 Å². The fourth-order valence-corrected chi connectivity index (χ4v) is 1.71. The van der Waals surface area contributed by atoms with Gasteiger partial charge >= 0.3 is 0 Å². The molecule has 0 fully saturated rings. The molecule has 1 heterocycles. The molecule has 0 saturated carbocycles. The van der Waals surface area contributed by atoms with Gasteiger partial charge in [-0.15, -0.1) is 0 Å². The lowest BCUT2D eigenvalue weighted by molar-refractivity contribution is 0.171. The second kappa shape index (κ2) is 7.91. The van der Waals surface area contributed by atoms with Crippen LogP contribution in [0.2, 0.25) is 0 Å². The Morgan fingerprint density at radius 1 is 1.58 bits per heavy atom. The van der Waals surface area contributed by atoms with E-state index in [0.29, 0.717) is 19.7 Å². The molecule has 6 nitrogen and oxygen atoms in total. The van der Waals surface area contributed by atoms with Crippen LogP contribution >= 0.6 is 0 Å². The van der Waals surface area contributed by atoms with Crippen LogP contribution in [0, 0.1) is 0 Å². The number of nitrogens with zero attached hydrogens (tertiary/aromatic N) is 3. The zero-order chi connectivity index (χ0) is 14.3. The van der Waals surface area contributed by atoms with Gasteiger partial charge in [-0.1, -0.05) is 0 Å². The van der Waals surface area contributed by atoms with E-state index >= 15 is 0 Å². The van der Waals surface area contributed by atoms with Crippen molar-refractivity contribution in [3.05, 3.63) is 22.6 Å². The SMILES string of the molecule is CCN(C)c1cnn(CCNC(C)COC)c(=O)c1. The molecule has 1 atom stereocenters. The van der Waals surface area contributed by atoms with Crippen molar-refractivity contribution in [2.75, 3.05) is 38.8 Å². The lowest BCUT2D eigenvalue weighted by atomic mass is 10.3. The normalized spacial score (nSPS) is 12.4. The lowest BCUT2D eigenvalue weighted by Gasteiger charge is -2.16. The maximum atomic E-state index is 11.9. The number of rotatable bonds is 8. The third-order valence-electron chi connectivity index (χ3n) is 3.00. The number of hydrogen-bond acceptors (Lipinski definition) is 5. The fraction of sp³-hybridized carbons (Fsp3) is 0.692. The highest BCUT2D eigenvalue weighted by Crippen LogP contribution is 2.05. The summed E-state index contributed by atoms with van der Waals surface area (Å²) in [6.45, 7) is 6.83. The third kappa shape index (κ3) is 5.00. The van der Waals surface area contributed by atoms with Crippen molar-refractivity contribution < 1.29 is 4.74 Å². The van der Waals surface area contributed by atoms with Gasteiger partial charge in [-0.2, -0.15) is 5.10 Å². The van der Waals surface area contributed by atoms with Gasteiger partial charge in [0.05, 0.1) is 25.0 Å². The van der Waals surface area contributed by atoms with Gasteiger partial charge in [-0.25, -0.2) is 4.68 Å². The van der Waals surface area contributed by atoms with E-state index in [-0.39, 0.29) is 11.6 Å². The Bertz CT molecular complexity index is 433. The van der Waals surface area contributed by atoms with Gasteiger partial charge in [-0.05, 0) is 13.8 Å². The Morgan fingerprint density at radius 3 is 2.89 bits per heavy atom. The topological polar surface area (TPSA) is 59.4 Å². The van der Waals surface area contributed by atoms with Crippen LogP contribution in [0.4, 0.5) is 5.69 Å². The Hall–Kier alpha value is -1.40. The van der Waals surface area contributed by atoms with Crippen molar-refractivity contribution in [2.45, 2.75) is 26.4 Å². The van der Waals surface area contributed by atoms with Crippen LogP contribution in [-0.2, 0) is 11.3 Å². The molecular formula is C13H24N4O2. The summed E-state index contributed by atoms with van der Waals surface area (Å²) < 4.78 is 6.50. The molecule has 1 aromatic heterocycles. The van der Waals surface area contributed by atoms with Crippen LogP contribution in [0.5, 0.6) is 0 Å². The van der Waals surface area contributed by atoms with Crippen molar-refractivity contribution in [3.63, 3.8) is 0 Å². The maximum absolute atomic E-state index is 11.9. The summed E-state index contributed by atoms with van der Waals surface area (Å²) in [5, 5.41) is 7.45. The molecule has 0 radical (unpaired) electrons. The fourth-order valence-electron chi connectivity index (χ4n) is 1.71. The number of hydrogen-bond donors (Lipinski definition) is 1. The quantitative estimate of drug-likeness (QED) is 0.736. The van der Waals surface area contributed by atoms with Crippen LogP contribution in [0.15, 0.2) is 17.1 Å². The average Bonchev–Trinajstić information content (AvgIpc) is 2.40. The molecule has 1 N–H and O–H groups in total. The highest BCUT2D eigenvalue weighted by atomic mass is 16.5. The van der Waals surface area contributed by atoms with Gasteiger partial charge in [0.1, 0.15) is 0 Å². The van der Waals surface area contributed by atoms with E-state index in [0.717, 1.165) is 12.2 Å². The van der Waals surface area contributed by atoms with Gasteiger partial charge in [0.15, 0.2) is 0 Å². The number of nitrogens with one attached hydrogen (secondary N) is 1. The predicted octanol–water partition coefficient (Wildman–Crippen LogP) is 0.324. The number of methoxy groups -OCH3 is 1. The van der Waals surface area contributed by atoms with E-state index in [9.17, 15) is 4.79 Å². The summed E-state index contributed by atoms with van der Waals surface area (Å²) in [7, 11) is 3.61. The summed E-state index contributed by atoms with van der Waals surface area (Å²) in [6, 6.07) is 1.89. The van der Waals surface area contributed by atoms with Gasteiger partial charge < -0.3 is 15.0 Å². The summed E-state index contributed by atoms with van der Waals surface area (Å²) in [5.41, 5.74) is 0.781. The molecule has 0 bridgehead atoms. The van der Waals surface area contributed by atoms with Crippen LogP contribution in [0.25, 0.3) is 0 Å². The van der Waals surface area contributed by atoms with E-state index in [1.165, 1.54) is 4.68 Å². The zero-order valence-electron chi connectivity index (χ0n) is 12.2. The Labute approximate surface area is 114 Å². The lowest BCUT2D eigenvalue weighted by Crippen LogP contribution is -2.35. The standard InChI is InChI=1S/C13H24N4O2/c1-5-16(3)12-8-13(18)17(15-9-12)7-6-14-11(2)10-19-4/h8-9,11,14H,5-7,10H2,1-4H3. The molecule has 1 aromatic rings. The summed E-state index contributed by atoms with van der Waals surface area (Å²) >= 11 is 0. The molecule has 0 spiro atoms. The van der Waals surface area contributed by atoms with E-state index in [1.807, 2.05) is 25.8 Å². The van der Waals surface area contributed by atoms with Gasteiger partial charge in [0, 0.05) is 39.4 Å². The monoisotopic (exact) mass is 268 g/mol. The second-order valence-electron chi connectivity index (χ2n) is 4.60. The van der Waals surface area contributed by atoms with E-state index in [1.54, 1.807) is 19.4 Å². The van der Waals surface area contributed by atoms with Crippen LogP contribution < -0.4 is 15.8 Å². The van der Waals surface area contributed by atoms with Crippen molar-refractivity contribution in [1.29, 1.82) is 0 Å². The first kappa shape index (κ1) is 15.7. The molecule has 6 heteroatoms. The Morgan fingerprint density at radius 2 is 2.32 bits per heavy atom. The average molecular weight is 268 g/mol. The maximum Gasteiger partial charge on any atom is 0.268 e. The molecule has 0 amide bonds. The highest BCUT2D eigenvalue weighted by Gasteiger charge is 2.04. The van der Waals surface area contributed by atoms with E-state index in [2.05, 4.69) is 10.4 Å². The third-order valence-corrected chi connectivity index (χ3v) is 3.00. The van der Waals surface area contributed by atoms with Crippen molar-refractivity contribution in [1.82, 2.24) is 15.1 Å². The van der Waals surface area contributed by atoms with Gasteiger partial charge in [0.25, 0.3) is 5.56 Å². The van der Waals surface area contributed by atoms with Crippen molar-refractivity contribution in [3.8, 4) is 0 Å². The minimum absolute atomic E-state index is 0.0704. The summed E-state index contributed by atoms with van der Waals surface area (Å²) in [5.74, 6) is 0. The largest absolute Gasteiger partial charge is 0.383 e. The first-order valence-electron chi connectivity index (χ1n) is 6.59. The molecule has 0 aliphatic carbocycles. The Kier molecular flexibility index (Phi) is 6.52. The molecular weight excluding hydrogens is 244 g/mol. The number of aromatic nitrogens is 2. The van der Waals surface area contributed by atoms with Crippen molar-refractivity contribution >= 4 is 5.69 Å². The van der Waals surface area contributed by atoms with Crippen molar-refractivity contribution in [2.24, 2.45) is 0 Å². The molecule has 0 aromatic carbocycles. The smallest absolute Gasteiger partial charge is 0.268 e. The minimum Gasteiger partial charge on any atom is -0.383 e. The van der Waals surface area contributed by atoms with Gasteiger partial charge in [-0.3, -0.25) is 4.79 Å². The predicted molar refractivity (Wildman–Crippen MR) is 76.8 cm³/mol. The molecule has 19 heavy (non-hydrogen) atoms. The number of anilines is 1. The molecule has 1 unspecified atom stereocenters. The molecule has 1 rings (SSSR count). The molecule has 0 aliphatic rings. The van der Waals surface area contributed by atoms with Crippen LogP contribution in [-0.4, -0.2) is 49.7 Å².